The molecular formula is C17H25BrO2. The van der Waals surface area contributed by atoms with E-state index >= 15 is 0 Å². The van der Waals surface area contributed by atoms with Gasteiger partial charge in [-0.15, -0.1) is 0 Å². The van der Waals surface area contributed by atoms with Gasteiger partial charge < -0.3 is 9.47 Å². The molecule has 1 aromatic carbocycles. The molecule has 2 nitrogen and oxygen atoms in total. The molecule has 1 aliphatic rings. The maximum Gasteiger partial charge on any atom is 0.118 e. The summed E-state index contributed by atoms with van der Waals surface area (Å²) in [5.74, 6) is 0.898. The lowest BCUT2D eigenvalue weighted by atomic mass is 9.83. The van der Waals surface area contributed by atoms with E-state index in [1.165, 1.54) is 44.1 Å². The second-order valence-corrected chi connectivity index (χ2v) is 6.45. The zero-order chi connectivity index (χ0) is 14.3. The molecule has 1 aromatic rings. The Morgan fingerprint density at radius 3 is 2.25 bits per heavy atom. The summed E-state index contributed by atoms with van der Waals surface area (Å²) in [6, 6.07) is 8.13. The van der Waals surface area contributed by atoms with Crippen LogP contribution in [0.15, 0.2) is 24.3 Å². The summed E-state index contributed by atoms with van der Waals surface area (Å²) in [5.41, 5.74) is 1.56. The third kappa shape index (κ3) is 4.49. The fraction of sp³-hybridized carbons (Fsp3) is 0.647. The van der Waals surface area contributed by atoms with Crippen LogP contribution in [0.25, 0.3) is 0 Å². The Morgan fingerprint density at radius 2 is 1.70 bits per heavy atom. The minimum absolute atomic E-state index is 0.350. The molecule has 1 fully saturated rings. The molecule has 1 aliphatic carbocycles. The first-order valence-corrected chi connectivity index (χ1v) is 8.67. The number of rotatable bonds is 6. The Labute approximate surface area is 131 Å². The highest BCUT2D eigenvalue weighted by Gasteiger charge is 2.30. The van der Waals surface area contributed by atoms with Crippen LogP contribution in [-0.4, -0.2) is 19.0 Å². The van der Waals surface area contributed by atoms with Gasteiger partial charge in [-0.3, -0.25) is 0 Å². The van der Waals surface area contributed by atoms with Crippen molar-refractivity contribution in [3.05, 3.63) is 29.8 Å². The van der Waals surface area contributed by atoms with E-state index in [-0.39, 0.29) is 0 Å². The number of ether oxygens (including phenoxy) is 2. The number of hydrogen-bond donors (Lipinski definition) is 0. The average Bonchev–Trinajstić information content (AvgIpc) is 2.74. The van der Waals surface area contributed by atoms with Crippen LogP contribution in [0.2, 0.25) is 0 Å². The van der Waals surface area contributed by atoms with Crippen LogP contribution in [0.1, 0.15) is 44.1 Å². The molecule has 0 aromatic heterocycles. The van der Waals surface area contributed by atoms with Crippen LogP contribution in [0.5, 0.6) is 5.75 Å². The highest BCUT2D eigenvalue weighted by atomic mass is 79.9. The largest absolute Gasteiger partial charge is 0.497 e. The first-order chi connectivity index (χ1) is 9.78. The number of methoxy groups -OCH3 is 1. The molecule has 0 N–H and O–H groups in total. The predicted octanol–water partition coefficient (Wildman–Crippen LogP) is 4.95. The van der Waals surface area contributed by atoms with Crippen molar-refractivity contribution in [3.8, 4) is 5.75 Å². The lowest BCUT2D eigenvalue weighted by Crippen LogP contribution is -2.28. The number of hydrogen-bond acceptors (Lipinski definition) is 2. The standard InChI is InChI=1S/C17H25BrO2/c1-19-16-8-6-15(7-9-16)12-20-14-17(13-18)10-4-2-3-5-11-17/h6-9H,2-5,10-14H2,1H3. The molecule has 3 heteroatoms. The fourth-order valence-electron chi connectivity index (χ4n) is 2.90. The molecule has 0 spiro atoms. The van der Waals surface area contributed by atoms with Gasteiger partial charge in [0.2, 0.25) is 0 Å². The molecule has 0 radical (unpaired) electrons. The predicted molar refractivity (Wildman–Crippen MR) is 86.6 cm³/mol. The molecule has 0 saturated heterocycles. The van der Waals surface area contributed by atoms with E-state index in [4.69, 9.17) is 9.47 Å². The maximum absolute atomic E-state index is 6.01. The molecule has 0 atom stereocenters. The first kappa shape index (κ1) is 15.8. The Morgan fingerprint density at radius 1 is 1.05 bits per heavy atom. The Bertz CT molecular complexity index is 380. The summed E-state index contributed by atoms with van der Waals surface area (Å²) >= 11 is 3.71. The van der Waals surface area contributed by atoms with E-state index in [2.05, 4.69) is 28.1 Å². The zero-order valence-electron chi connectivity index (χ0n) is 12.4. The van der Waals surface area contributed by atoms with Crippen molar-refractivity contribution in [2.45, 2.75) is 45.1 Å². The van der Waals surface area contributed by atoms with Gasteiger partial charge >= 0.3 is 0 Å². The Kier molecular flexibility index (Phi) is 6.37. The van der Waals surface area contributed by atoms with E-state index in [0.717, 1.165) is 17.7 Å². The summed E-state index contributed by atoms with van der Waals surface area (Å²) in [5, 5.41) is 1.06. The van der Waals surface area contributed by atoms with Crippen LogP contribution >= 0.6 is 15.9 Å². The van der Waals surface area contributed by atoms with Gasteiger partial charge in [0, 0.05) is 10.7 Å². The van der Waals surface area contributed by atoms with Crippen LogP contribution in [0, 0.1) is 5.41 Å². The van der Waals surface area contributed by atoms with Gasteiger partial charge in [-0.25, -0.2) is 0 Å². The van der Waals surface area contributed by atoms with Crippen molar-refractivity contribution in [3.63, 3.8) is 0 Å². The number of alkyl halides is 1. The summed E-state index contributed by atoms with van der Waals surface area (Å²) in [7, 11) is 1.69. The van der Waals surface area contributed by atoms with Gasteiger partial charge in [-0.1, -0.05) is 53.7 Å². The molecule has 112 valence electrons. The highest BCUT2D eigenvalue weighted by Crippen LogP contribution is 2.37. The van der Waals surface area contributed by atoms with E-state index in [0.29, 0.717) is 12.0 Å². The van der Waals surface area contributed by atoms with Crippen LogP contribution in [0.4, 0.5) is 0 Å². The minimum Gasteiger partial charge on any atom is -0.497 e. The number of benzene rings is 1. The van der Waals surface area contributed by atoms with E-state index in [1.54, 1.807) is 7.11 Å². The smallest absolute Gasteiger partial charge is 0.118 e. The van der Waals surface area contributed by atoms with Crippen molar-refractivity contribution >= 4 is 15.9 Å². The third-order valence-electron chi connectivity index (χ3n) is 4.28. The Hall–Kier alpha value is -0.540. The molecule has 0 bridgehead atoms. The van der Waals surface area contributed by atoms with E-state index < -0.39 is 0 Å². The van der Waals surface area contributed by atoms with Crippen LogP contribution in [0.3, 0.4) is 0 Å². The summed E-state index contributed by atoms with van der Waals surface area (Å²) in [6.45, 7) is 1.56. The van der Waals surface area contributed by atoms with Gasteiger partial charge in [0.25, 0.3) is 0 Å². The number of halogens is 1. The molecule has 0 amide bonds. The van der Waals surface area contributed by atoms with Crippen LogP contribution in [-0.2, 0) is 11.3 Å². The minimum atomic E-state index is 0.350. The molecule has 0 unspecified atom stereocenters. The maximum atomic E-state index is 6.01. The molecule has 0 aliphatic heterocycles. The summed E-state index contributed by atoms with van der Waals surface area (Å²) in [6.07, 6.45) is 8.04. The monoisotopic (exact) mass is 340 g/mol. The third-order valence-corrected chi connectivity index (χ3v) is 5.47. The molecule has 2 rings (SSSR count). The summed E-state index contributed by atoms with van der Waals surface area (Å²) in [4.78, 5) is 0. The first-order valence-electron chi connectivity index (χ1n) is 7.55. The van der Waals surface area contributed by atoms with Crippen molar-refractivity contribution in [1.82, 2.24) is 0 Å². The van der Waals surface area contributed by atoms with Gasteiger partial charge in [-0.05, 0) is 30.5 Å². The van der Waals surface area contributed by atoms with Crippen molar-refractivity contribution < 1.29 is 9.47 Å². The quantitative estimate of drug-likeness (QED) is 0.539. The van der Waals surface area contributed by atoms with Crippen LogP contribution < -0.4 is 4.74 Å². The Balaban J connectivity index is 1.83. The molecule has 0 heterocycles. The summed E-state index contributed by atoms with van der Waals surface area (Å²) < 4.78 is 11.2. The SMILES string of the molecule is COc1ccc(COCC2(CBr)CCCCCC2)cc1. The second kappa shape index (κ2) is 8.04. The van der Waals surface area contributed by atoms with Gasteiger partial charge in [0.15, 0.2) is 0 Å². The topological polar surface area (TPSA) is 18.5 Å². The highest BCUT2D eigenvalue weighted by molar-refractivity contribution is 9.09. The normalized spacial score (nSPS) is 18.5. The van der Waals surface area contributed by atoms with Crippen molar-refractivity contribution in [2.24, 2.45) is 5.41 Å². The van der Waals surface area contributed by atoms with Gasteiger partial charge in [0.1, 0.15) is 5.75 Å². The van der Waals surface area contributed by atoms with E-state index in [1.807, 2.05) is 12.1 Å². The molecule has 1 saturated carbocycles. The second-order valence-electron chi connectivity index (χ2n) is 5.89. The molecule has 20 heavy (non-hydrogen) atoms. The van der Waals surface area contributed by atoms with Crippen molar-refractivity contribution in [1.29, 1.82) is 0 Å². The van der Waals surface area contributed by atoms with E-state index in [9.17, 15) is 0 Å². The van der Waals surface area contributed by atoms with Gasteiger partial charge in [0.05, 0.1) is 20.3 Å². The zero-order valence-corrected chi connectivity index (χ0v) is 14.0. The lowest BCUT2D eigenvalue weighted by Gasteiger charge is -2.30. The average molecular weight is 341 g/mol. The fourth-order valence-corrected chi connectivity index (χ4v) is 3.62. The van der Waals surface area contributed by atoms with Crippen molar-refractivity contribution in [2.75, 3.05) is 19.0 Å². The lowest BCUT2D eigenvalue weighted by molar-refractivity contribution is 0.0374. The molecular weight excluding hydrogens is 316 g/mol. The van der Waals surface area contributed by atoms with Gasteiger partial charge in [-0.2, -0.15) is 0 Å².